The molecule has 0 saturated heterocycles. The van der Waals surface area contributed by atoms with Crippen LogP contribution in [0.5, 0.6) is 0 Å². The predicted octanol–water partition coefficient (Wildman–Crippen LogP) is 4.80. The van der Waals surface area contributed by atoms with Crippen molar-refractivity contribution < 1.29 is 0 Å². The van der Waals surface area contributed by atoms with Crippen molar-refractivity contribution in [2.45, 2.75) is 43.9 Å². The summed E-state index contributed by atoms with van der Waals surface area (Å²) in [6, 6.07) is 11.4. The van der Waals surface area contributed by atoms with E-state index in [1.807, 2.05) is 6.20 Å². The van der Waals surface area contributed by atoms with Crippen molar-refractivity contribution in [1.29, 1.82) is 0 Å². The van der Waals surface area contributed by atoms with Crippen molar-refractivity contribution in [3.8, 4) is 0 Å². The molecule has 0 aliphatic carbocycles. The van der Waals surface area contributed by atoms with Crippen LogP contribution in [0.3, 0.4) is 0 Å². The molecule has 1 aromatic carbocycles. The van der Waals surface area contributed by atoms with Gasteiger partial charge in [0.2, 0.25) is 0 Å². The molecule has 4 heteroatoms. The van der Waals surface area contributed by atoms with Crippen LogP contribution in [0.25, 0.3) is 10.9 Å². The molecule has 3 aromatic rings. The van der Waals surface area contributed by atoms with Crippen LogP contribution in [0.15, 0.2) is 36.5 Å². The number of aromatic nitrogens is 2. The summed E-state index contributed by atoms with van der Waals surface area (Å²) in [5.74, 6) is 0. The van der Waals surface area contributed by atoms with Crippen LogP contribution in [0.1, 0.15) is 40.3 Å². The summed E-state index contributed by atoms with van der Waals surface area (Å²) in [6.45, 7) is 9.90. The van der Waals surface area contributed by atoms with E-state index in [-0.39, 0.29) is 4.75 Å². The molecule has 0 amide bonds. The van der Waals surface area contributed by atoms with Crippen LogP contribution >= 0.6 is 11.8 Å². The Balaban J connectivity index is 1.74. The van der Waals surface area contributed by atoms with Gasteiger partial charge in [-0.05, 0) is 63.2 Å². The Kier molecular flexibility index (Phi) is 3.54. The molecule has 134 valence electrons. The Morgan fingerprint density at radius 1 is 1.19 bits per heavy atom. The number of pyridine rings is 1. The Labute approximate surface area is 159 Å². The van der Waals surface area contributed by atoms with Gasteiger partial charge in [0.25, 0.3) is 0 Å². The van der Waals surface area contributed by atoms with Gasteiger partial charge in [0.05, 0.1) is 10.00 Å². The first-order chi connectivity index (χ1) is 12.4. The van der Waals surface area contributed by atoms with Crippen molar-refractivity contribution in [2.75, 3.05) is 13.6 Å². The number of aryl methyl sites for hydroxylation is 2. The minimum absolute atomic E-state index is 0.0671. The topological polar surface area (TPSA) is 21.1 Å². The van der Waals surface area contributed by atoms with Gasteiger partial charge in [-0.25, -0.2) is 0 Å². The summed E-state index contributed by atoms with van der Waals surface area (Å²) in [5.41, 5.74) is 8.36. The molecule has 2 unspecified atom stereocenters. The lowest BCUT2D eigenvalue weighted by Crippen LogP contribution is -2.38. The molecule has 3 nitrogen and oxygen atoms in total. The van der Waals surface area contributed by atoms with Crippen molar-refractivity contribution in [3.63, 3.8) is 0 Å². The van der Waals surface area contributed by atoms with Crippen molar-refractivity contribution in [3.05, 3.63) is 64.6 Å². The maximum Gasteiger partial charge on any atom is 0.0590 e. The van der Waals surface area contributed by atoms with E-state index in [9.17, 15) is 0 Å². The van der Waals surface area contributed by atoms with E-state index in [0.29, 0.717) is 5.25 Å². The number of likely N-dealkylation sites (N-methyl/N-ethyl adjacent to an activating group) is 1. The Morgan fingerprint density at radius 2 is 2.04 bits per heavy atom. The average Bonchev–Trinajstić information content (AvgIpc) is 2.88. The van der Waals surface area contributed by atoms with Gasteiger partial charge in [-0.3, -0.25) is 4.98 Å². The Bertz CT molecular complexity index is 1020. The smallest absolute Gasteiger partial charge is 0.0590 e. The molecule has 2 atom stereocenters. The Morgan fingerprint density at radius 3 is 2.85 bits per heavy atom. The van der Waals surface area contributed by atoms with E-state index in [2.05, 4.69) is 84.4 Å². The first-order valence-corrected chi connectivity index (χ1v) is 10.2. The van der Waals surface area contributed by atoms with Gasteiger partial charge in [-0.15, -0.1) is 11.8 Å². The van der Waals surface area contributed by atoms with Crippen LogP contribution in [-0.2, 0) is 17.8 Å². The van der Waals surface area contributed by atoms with Gasteiger partial charge >= 0.3 is 0 Å². The summed E-state index contributed by atoms with van der Waals surface area (Å²) in [5, 5.41) is 1.97. The molecule has 0 fully saturated rings. The monoisotopic (exact) mass is 363 g/mol. The first-order valence-electron chi connectivity index (χ1n) is 9.36. The minimum Gasteiger partial charge on any atom is -0.341 e. The first kappa shape index (κ1) is 16.4. The molecule has 26 heavy (non-hydrogen) atoms. The normalized spacial score (nSPS) is 25.5. The zero-order valence-corrected chi connectivity index (χ0v) is 16.7. The van der Waals surface area contributed by atoms with Gasteiger partial charge in [0.1, 0.15) is 0 Å². The van der Waals surface area contributed by atoms with E-state index in [1.165, 1.54) is 22.0 Å². The van der Waals surface area contributed by atoms with E-state index < -0.39 is 0 Å². The molecule has 5 rings (SSSR count). The van der Waals surface area contributed by atoms with Gasteiger partial charge in [0.15, 0.2) is 0 Å². The highest BCUT2D eigenvalue weighted by molar-refractivity contribution is 8.00. The summed E-state index contributed by atoms with van der Waals surface area (Å²) >= 11 is 2.14. The highest BCUT2D eigenvalue weighted by atomic mass is 32.2. The quantitative estimate of drug-likeness (QED) is 0.619. The van der Waals surface area contributed by atoms with Crippen LogP contribution in [0.2, 0.25) is 0 Å². The zero-order valence-electron chi connectivity index (χ0n) is 15.9. The molecule has 0 spiro atoms. The average molecular weight is 364 g/mol. The molecule has 0 saturated carbocycles. The lowest BCUT2D eigenvalue weighted by Gasteiger charge is -2.43. The third kappa shape index (κ3) is 2.35. The third-order valence-corrected chi connectivity index (χ3v) is 7.49. The van der Waals surface area contributed by atoms with Crippen LogP contribution in [0.4, 0.5) is 0 Å². The molecule has 0 radical (unpaired) electrons. The van der Waals surface area contributed by atoms with Gasteiger partial charge in [-0.1, -0.05) is 11.6 Å². The highest BCUT2D eigenvalue weighted by Crippen LogP contribution is 2.54. The van der Waals surface area contributed by atoms with Crippen LogP contribution < -0.4 is 0 Å². The van der Waals surface area contributed by atoms with E-state index in [4.69, 9.17) is 0 Å². The number of thioether (sulfide) groups is 1. The maximum atomic E-state index is 4.41. The summed E-state index contributed by atoms with van der Waals surface area (Å²) in [7, 11) is 2.25. The molecule has 0 N–H and O–H groups in total. The summed E-state index contributed by atoms with van der Waals surface area (Å²) in [4.78, 5) is 6.89. The largest absolute Gasteiger partial charge is 0.341 e. The second-order valence-electron chi connectivity index (χ2n) is 8.19. The Hall–Kier alpha value is -1.78. The fourth-order valence-electron chi connectivity index (χ4n) is 4.75. The maximum absolute atomic E-state index is 4.41. The predicted molar refractivity (Wildman–Crippen MR) is 110 cm³/mol. The van der Waals surface area contributed by atoms with Crippen LogP contribution in [0, 0.1) is 13.8 Å². The number of hydrogen-bond acceptors (Lipinski definition) is 3. The molecule has 2 aromatic heterocycles. The number of hydrogen-bond donors (Lipinski definition) is 0. The molecular weight excluding hydrogens is 338 g/mol. The lowest BCUT2D eigenvalue weighted by molar-refractivity contribution is 0.299. The van der Waals surface area contributed by atoms with E-state index in [1.54, 1.807) is 11.3 Å². The van der Waals surface area contributed by atoms with E-state index in [0.717, 1.165) is 25.3 Å². The van der Waals surface area contributed by atoms with Gasteiger partial charge < -0.3 is 9.47 Å². The third-order valence-electron chi connectivity index (χ3n) is 5.95. The molecular formula is C22H25N3S. The second kappa shape index (κ2) is 5.61. The lowest BCUT2D eigenvalue weighted by atomic mass is 9.99. The highest BCUT2D eigenvalue weighted by Gasteiger charge is 2.42. The number of fused-ring (bicyclic) bond motifs is 3. The zero-order chi connectivity index (χ0) is 18.1. The number of rotatable bonds is 1. The SMILES string of the molecule is Cc1ccc2c(c1)c1c3n2CC(C)(c2ccnc(C)c2)SC3CN(C)C1. The standard InChI is InChI=1S/C22H25N3S/c1-14-5-6-19-17(9-14)18-11-24(4)12-20-21(18)25(19)13-22(3,26-20)16-7-8-23-15(2)10-16/h5-10,20H,11-13H2,1-4H3. The van der Waals surface area contributed by atoms with Crippen molar-refractivity contribution >= 4 is 22.7 Å². The van der Waals surface area contributed by atoms with Gasteiger partial charge in [0, 0.05) is 48.1 Å². The second-order valence-corrected chi connectivity index (χ2v) is 9.90. The fourth-order valence-corrected chi connectivity index (χ4v) is 6.55. The van der Waals surface area contributed by atoms with E-state index >= 15 is 0 Å². The van der Waals surface area contributed by atoms with Crippen molar-refractivity contribution in [2.24, 2.45) is 0 Å². The molecule has 2 aliphatic heterocycles. The summed E-state index contributed by atoms with van der Waals surface area (Å²) < 4.78 is 2.69. The fraction of sp³-hybridized carbons (Fsp3) is 0.409. The van der Waals surface area contributed by atoms with Gasteiger partial charge in [-0.2, -0.15) is 0 Å². The molecule has 2 aliphatic rings. The molecule has 0 bridgehead atoms. The van der Waals surface area contributed by atoms with Crippen molar-refractivity contribution in [1.82, 2.24) is 14.5 Å². The number of benzene rings is 1. The molecule has 4 heterocycles. The van der Waals surface area contributed by atoms with Crippen LogP contribution in [-0.4, -0.2) is 28.0 Å². The number of nitrogens with zero attached hydrogens (tertiary/aromatic N) is 3. The minimum atomic E-state index is 0.0671. The summed E-state index contributed by atoms with van der Waals surface area (Å²) in [6.07, 6.45) is 1.96.